The molecule has 2 fully saturated rings. The molecule has 2 saturated heterocycles. The molecule has 1 aromatic rings. The second-order valence-corrected chi connectivity index (χ2v) is 6.98. The minimum atomic E-state index is -0.797. The van der Waals surface area contributed by atoms with E-state index in [1.54, 1.807) is 4.90 Å². The van der Waals surface area contributed by atoms with E-state index in [1.807, 2.05) is 0 Å². The number of carbonyl (C=O) groups excluding carboxylic acids is 1. The summed E-state index contributed by atoms with van der Waals surface area (Å²) in [5, 5.41) is 22.0. The van der Waals surface area contributed by atoms with Gasteiger partial charge >= 0.3 is 5.97 Å². The van der Waals surface area contributed by atoms with Gasteiger partial charge in [-0.3, -0.25) is 20.2 Å². The van der Waals surface area contributed by atoms with Crippen molar-refractivity contribution in [3.05, 3.63) is 44.0 Å². The molecule has 1 N–H and O–H groups in total. The number of nitro benzene ring substituents is 2. The van der Waals surface area contributed by atoms with Gasteiger partial charge in [0.25, 0.3) is 11.4 Å². The Hall–Kier alpha value is -2.55. The lowest BCUT2D eigenvalue weighted by molar-refractivity contribution is -0.940. The fourth-order valence-corrected chi connectivity index (χ4v) is 4.19. The highest BCUT2D eigenvalue weighted by molar-refractivity contribution is 5.94. The van der Waals surface area contributed by atoms with Gasteiger partial charge in [-0.1, -0.05) is 0 Å². The van der Waals surface area contributed by atoms with Crippen molar-refractivity contribution < 1.29 is 24.3 Å². The largest absolute Gasteiger partial charge is 0.461 e. The fraction of sp³-hybridized carbons (Fsp3) is 0.588. The maximum atomic E-state index is 12.4. The molecule has 9 nitrogen and oxygen atoms in total. The van der Waals surface area contributed by atoms with Crippen LogP contribution in [0.1, 0.15) is 42.5 Å². The normalized spacial score (nSPS) is 25.2. The van der Waals surface area contributed by atoms with Gasteiger partial charge in [-0.15, -0.1) is 0 Å². The lowest BCUT2D eigenvalue weighted by Gasteiger charge is -2.40. The van der Waals surface area contributed by atoms with Crippen LogP contribution in [0.4, 0.5) is 11.4 Å². The Balaban J connectivity index is 1.70. The summed E-state index contributed by atoms with van der Waals surface area (Å²) < 4.78 is 5.38. The van der Waals surface area contributed by atoms with Crippen molar-refractivity contribution in [3.63, 3.8) is 0 Å². The highest BCUT2D eigenvalue weighted by Gasteiger charge is 2.37. The SMILES string of the molecule is O=C(OC[C@@H]1CCC[NH+]2CCCC[C@H]12)c1ccc([N+](=O)[O-])cc1[N+](=O)[O-]. The molecular formula is C17H22N3O6+. The van der Waals surface area contributed by atoms with Crippen molar-refractivity contribution in [3.8, 4) is 0 Å². The number of nitrogens with zero attached hydrogens (tertiary/aromatic N) is 2. The van der Waals surface area contributed by atoms with Crippen LogP contribution in [0.5, 0.6) is 0 Å². The summed E-state index contributed by atoms with van der Waals surface area (Å²) >= 11 is 0. The summed E-state index contributed by atoms with van der Waals surface area (Å²) in [6.07, 6.45) is 5.62. The van der Waals surface area contributed by atoms with Crippen LogP contribution in [0.25, 0.3) is 0 Å². The predicted molar refractivity (Wildman–Crippen MR) is 91.1 cm³/mol. The third-order valence-corrected chi connectivity index (χ3v) is 5.47. The van der Waals surface area contributed by atoms with Crippen LogP contribution in [0.15, 0.2) is 18.2 Å². The third kappa shape index (κ3) is 3.82. The van der Waals surface area contributed by atoms with Crippen molar-refractivity contribution in [2.75, 3.05) is 19.7 Å². The molecule has 0 amide bonds. The van der Waals surface area contributed by atoms with Crippen molar-refractivity contribution in [2.24, 2.45) is 5.92 Å². The van der Waals surface area contributed by atoms with Crippen LogP contribution < -0.4 is 4.90 Å². The minimum absolute atomic E-state index is 0.237. The molecule has 0 saturated carbocycles. The summed E-state index contributed by atoms with van der Waals surface area (Å²) in [4.78, 5) is 34.4. The number of carbonyl (C=O) groups is 1. The summed E-state index contributed by atoms with van der Waals surface area (Å²) in [6.45, 7) is 2.55. The number of ether oxygens (including phenoxy) is 1. The van der Waals surface area contributed by atoms with Gasteiger partial charge in [0.1, 0.15) is 12.2 Å². The van der Waals surface area contributed by atoms with Gasteiger partial charge in [0.15, 0.2) is 0 Å². The van der Waals surface area contributed by atoms with Crippen LogP contribution in [-0.4, -0.2) is 41.6 Å². The molecule has 0 radical (unpaired) electrons. The van der Waals surface area contributed by atoms with E-state index in [1.165, 1.54) is 12.8 Å². The van der Waals surface area contributed by atoms with Crippen LogP contribution in [0.2, 0.25) is 0 Å². The van der Waals surface area contributed by atoms with Gasteiger partial charge in [0.05, 0.1) is 35.0 Å². The number of benzene rings is 1. The van der Waals surface area contributed by atoms with E-state index < -0.39 is 27.2 Å². The van der Waals surface area contributed by atoms with Gasteiger partial charge in [-0.2, -0.15) is 0 Å². The van der Waals surface area contributed by atoms with Crippen molar-refractivity contribution in [1.29, 1.82) is 0 Å². The molecule has 0 aromatic heterocycles. The number of nitrogens with one attached hydrogen (secondary N) is 1. The highest BCUT2D eigenvalue weighted by atomic mass is 16.6. The second-order valence-electron chi connectivity index (χ2n) is 6.98. The van der Waals surface area contributed by atoms with Gasteiger partial charge in [-0.25, -0.2) is 4.79 Å². The fourth-order valence-electron chi connectivity index (χ4n) is 4.19. The summed E-state index contributed by atoms with van der Waals surface area (Å²) in [5.74, 6) is -0.533. The van der Waals surface area contributed by atoms with Crippen LogP contribution in [0, 0.1) is 26.1 Å². The van der Waals surface area contributed by atoms with Crippen LogP contribution in [0.3, 0.4) is 0 Å². The smallest absolute Gasteiger partial charge is 0.345 e. The minimum Gasteiger partial charge on any atom is -0.461 e. The number of quaternary nitrogens is 1. The van der Waals surface area contributed by atoms with Crippen LogP contribution in [-0.2, 0) is 4.74 Å². The highest BCUT2D eigenvalue weighted by Crippen LogP contribution is 2.26. The zero-order valence-electron chi connectivity index (χ0n) is 14.4. The van der Waals surface area contributed by atoms with Gasteiger partial charge in [0.2, 0.25) is 0 Å². The summed E-state index contributed by atoms with van der Waals surface area (Å²) in [6, 6.07) is 3.45. The molecule has 140 valence electrons. The number of esters is 1. The van der Waals surface area contributed by atoms with E-state index >= 15 is 0 Å². The van der Waals surface area contributed by atoms with Crippen molar-refractivity contribution in [2.45, 2.75) is 38.1 Å². The van der Waals surface area contributed by atoms with Crippen molar-refractivity contribution >= 4 is 17.3 Å². The van der Waals surface area contributed by atoms with E-state index in [-0.39, 0.29) is 18.1 Å². The maximum absolute atomic E-state index is 12.4. The molecule has 9 heteroatoms. The summed E-state index contributed by atoms with van der Waals surface area (Å²) in [7, 11) is 0. The maximum Gasteiger partial charge on any atom is 0.345 e. The first-order valence-corrected chi connectivity index (χ1v) is 8.92. The average Bonchev–Trinajstić information content (AvgIpc) is 2.65. The molecule has 0 spiro atoms. The molecule has 3 atom stereocenters. The summed E-state index contributed by atoms with van der Waals surface area (Å²) in [5.41, 5.74) is -1.27. The number of rotatable bonds is 5. The van der Waals surface area contributed by atoms with E-state index in [0.29, 0.717) is 6.04 Å². The topological polar surface area (TPSA) is 117 Å². The molecule has 1 aromatic carbocycles. The first-order valence-electron chi connectivity index (χ1n) is 8.92. The first kappa shape index (κ1) is 18.2. The molecule has 2 aliphatic rings. The molecule has 0 aliphatic carbocycles. The Kier molecular flexibility index (Phi) is 5.46. The average molecular weight is 364 g/mol. The van der Waals surface area contributed by atoms with E-state index in [9.17, 15) is 25.0 Å². The number of non-ortho nitro benzene ring substituents is 1. The van der Waals surface area contributed by atoms with Crippen LogP contribution >= 0.6 is 0 Å². The second kappa shape index (κ2) is 7.77. The molecule has 2 aliphatic heterocycles. The van der Waals surface area contributed by atoms with Gasteiger partial charge in [0, 0.05) is 12.0 Å². The van der Waals surface area contributed by atoms with E-state index in [4.69, 9.17) is 4.74 Å². The Morgan fingerprint density at radius 2 is 1.88 bits per heavy atom. The Bertz CT molecular complexity index is 720. The zero-order valence-corrected chi connectivity index (χ0v) is 14.4. The first-order chi connectivity index (χ1) is 12.5. The molecule has 1 unspecified atom stereocenters. The molecule has 3 rings (SSSR count). The number of hydrogen-bond donors (Lipinski definition) is 1. The van der Waals surface area contributed by atoms with Gasteiger partial charge < -0.3 is 9.64 Å². The van der Waals surface area contributed by atoms with E-state index in [0.717, 1.165) is 50.6 Å². The molecule has 0 bridgehead atoms. The quantitative estimate of drug-likeness (QED) is 0.481. The number of nitro groups is 2. The third-order valence-electron chi connectivity index (χ3n) is 5.47. The molecule has 26 heavy (non-hydrogen) atoms. The van der Waals surface area contributed by atoms with Crippen molar-refractivity contribution in [1.82, 2.24) is 0 Å². The number of hydrogen-bond acceptors (Lipinski definition) is 6. The van der Waals surface area contributed by atoms with E-state index in [2.05, 4.69) is 0 Å². The monoisotopic (exact) mass is 364 g/mol. The molecular weight excluding hydrogens is 342 g/mol. The predicted octanol–water partition coefficient (Wildman–Crippen LogP) is 1.51. The Labute approximate surface area is 150 Å². The molecule has 2 heterocycles. The Morgan fingerprint density at radius 3 is 2.62 bits per heavy atom. The lowest BCUT2D eigenvalue weighted by Crippen LogP contribution is -3.18. The van der Waals surface area contributed by atoms with Gasteiger partial charge in [-0.05, 0) is 38.2 Å². The number of fused-ring (bicyclic) bond motifs is 1. The number of piperidine rings is 2. The lowest BCUT2D eigenvalue weighted by atomic mass is 9.84. The Morgan fingerprint density at radius 1 is 1.12 bits per heavy atom. The zero-order chi connectivity index (χ0) is 18.7. The standard InChI is InChI=1S/C17H21N3O6/c21-17(14-7-6-13(19(22)23)10-16(14)20(24)25)26-11-12-4-3-9-18-8-2-1-5-15(12)18/h6-7,10,12,15H,1-5,8-9,11H2/p+1/t12-,15+/m0/s1.